The zero-order valence-electron chi connectivity index (χ0n) is 16.5. The maximum Gasteiger partial charge on any atom is 0.241 e. The molecule has 2 aromatic rings. The van der Waals surface area contributed by atoms with Crippen molar-refractivity contribution in [3.63, 3.8) is 0 Å². The van der Waals surface area contributed by atoms with Crippen molar-refractivity contribution >= 4 is 29.7 Å². The highest BCUT2D eigenvalue weighted by Gasteiger charge is 2.38. The summed E-state index contributed by atoms with van der Waals surface area (Å²) in [6.07, 6.45) is 0.0103. The molecule has 0 spiro atoms. The Hall–Kier alpha value is -1.95. The number of sulfone groups is 2. The van der Waals surface area contributed by atoms with Crippen LogP contribution in [0.15, 0.2) is 52.3 Å². The second-order valence-electron chi connectivity index (χ2n) is 7.17. The Morgan fingerprint density at radius 3 is 2.30 bits per heavy atom. The van der Waals surface area contributed by atoms with E-state index in [4.69, 9.17) is 4.74 Å². The molecule has 8 nitrogen and oxygen atoms in total. The van der Waals surface area contributed by atoms with Gasteiger partial charge in [0.25, 0.3) is 0 Å². The third kappa shape index (κ3) is 4.85. The minimum Gasteiger partial charge on any atom is -0.497 e. The Kier molecular flexibility index (Phi) is 6.28. The number of nitrogens with one attached hydrogen (secondary N) is 1. The number of rotatable bonds is 7. The minimum atomic E-state index is -4.00. The van der Waals surface area contributed by atoms with Crippen LogP contribution < -0.4 is 9.46 Å². The monoisotopic (exact) mass is 473 g/mol. The van der Waals surface area contributed by atoms with E-state index < -0.39 is 40.7 Å². The highest BCUT2D eigenvalue weighted by atomic mass is 32.2. The second-order valence-corrected chi connectivity index (χ2v) is 13.4. The molecule has 3 rings (SSSR count). The third-order valence-corrected chi connectivity index (χ3v) is 10.7. The average molecular weight is 474 g/mol. The molecule has 30 heavy (non-hydrogen) atoms. The lowest BCUT2D eigenvalue weighted by atomic mass is 10.2. The Balaban J connectivity index is 1.86. The van der Waals surface area contributed by atoms with Crippen molar-refractivity contribution in [2.75, 3.05) is 18.6 Å². The number of methoxy groups -OCH3 is 1. The summed E-state index contributed by atoms with van der Waals surface area (Å²) in [6, 6.07) is 10.7. The van der Waals surface area contributed by atoms with Crippen molar-refractivity contribution < 1.29 is 30.0 Å². The summed E-state index contributed by atoms with van der Waals surface area (Å²) in [6.45, 7) is 1.59. The Morgan fingerprint density at radius 2 is 1.73 bits per heavy atom. The molecule has 0 bridgehead atoms. The first kappa shape index (κ1) is 22.7. The largest absolute Gasteiger partial charge is 0.497 e. The summed E-state index contributed by atoms with van der Waals surface area (Å²) in [5.41, 5.74) is 1.09. The lowest BCUT2D eigenvalue weighted by Crippen LogP contribution is -2.26. The fourth-order valence-electron chi connectivity index (χ4n) is 3.24. The van der Waals surface area contributed by atoms with Crippen molar-refractivity contribution in [1.29, 1.82) is 0 Å². The van der Waals surface area contributed by atoms with E-state index >= 15 is 0 Å². The van der Waals surface area contributed by atoms with E-state index in [0.29, 0.717) is 16.9 Å². The summed E-state index contributed by atoms with van der Waals surface area (Å²) in [4.78, 5) is -0.349. The molecule has 0 saturated carbocycles. The fraction of sp³-hybridized carbons (Fsp3) is 0.368. The van der Waals surface area contributed by atoms with Gasteiger partial charge in [0.1, 0.15) is 5.75 Å². The SMILES string of the molecule is COc1ccc(CNS(=O)(=O)c2cc(S(=O)(=O)C3CCS(=O)(=O)C3)ccc2C)cc1. The van der Waals surface area contributed by atoms with Crippen molar-refractivity contribution in [2.24, 2.45) is 0 Å². The van der Waals surface area contributed by atoms with Crippen LogP contribution in [-0.2, 0) is 36.2 Å². The van der Waals surface area contributed by atoms with Crippen LogP contribution in [0.1, 0.15) is 17.5 Å². The first-order chi connectivity index (χ1) is 13.9. The normalized spacial score (nSPS) is 18.9. The summed E-state index contributed by atoms with van der Waals surface area (Å²) >= 11 is 0. The Morgan fingerprint density at radius 1 is 1.07 bits per heavy atom. The quantitative estimate of drug-likeness (QED) is 0.645. The first-order valence-corrected chi connectivity index (χ1v) is 14.0. The van der Waals surface area contributed by atoms with Gasteiger partial charge in [-0.2, -0.15) is 0 Å². The zero-order valence-corrected chi connectivity index (χ0v) is 19.0. The number of benzene rings is 2. The van der Waals surface area contributed by atoms with Crippen LogP contribution in [0, 0.1) is 6.92 Å². The minimum absolute atomic E-state index is 0.0103. The molecular weight excluding hydrogens is 450 g/mol. The Labute approximate surface area is 177 Å². The van der Waals surface area contributed by atoms with E-state index in [0.717, 1.165) is 6.07 Å². The molecule has 1 N–H and O–H groups in total. The van der Waals surface area contributed by atoms with Crippen LogP contribution in [0.2, 0.25) is 0 Å². The van der Waals surface area contributed by atoms with Gasteiger partial charge in [0, 0.05) is 6.54 Å². The highest BCUT2D eigenvalue weighted by molar-refractivity contribution is 7.96. The van der Waals surface area contributed by atoms with Gasteiger partial charge >= 0.3 is 0 Å². The van der Waals surface area contributed by atoms with Crippen molar-refractivity contribution in [3.05, 3.63) is 53.6 Å². The molecule has 1 atom stereocenters. The lowest BCUT2D eigenvalue weighted by molar-refractivity contribution is 0.414. The summed E-state index contributed by atoms with van der Waals surface area (Å²) in [5, 5.41) is -1.06. The van der Waals surface area contributed by atoms with Gasteiger partial charge in [0.05, 0.1) is 33.7 Å². The van der Waals surface area contributed by atoms with Gasteiger partial charge in [-0.1, -0.05) is 18.2 Å². The number of aryl methyl sites for hydroxylation is 1. The van der Waals surface area contributed by atoms with Crippen LogP contribution in [0.3, 0.4) is 0 Å². The van der Waals surface area contributed by atoms with Gasteiger partial charge in [-0.05, 0) is 48.7 Å². The van der Waals surface area contributed by atoms with E-state index in [9.17, 15) is 25.3 Å². The molecule has 1 aliphatic heterocycles. The molecule has 0 radical (unpaired) electrons. The van der Waals surface area contributed by atoms with Gasteiger partial charge in [-0.3, -0.25) is 0 Å². The fourth-order valence-corrected chi connectivity index (χ4v) is 8.99. The van der Waals surface area contributed by atoms with Gasteiger partial charge in [-0.25, -0.2) is 30.0 Å². The Bertz CT molecular complexity index is 1250. The standard InChI is InChI=1S/C19H23NO7S3/c1-14-3-8-17(29(23,24)18-9-10-28(21,22)13-18)11-19(14)30(25,26)20-12-15-4-6-16(27-2)7-5-15/h3-8,11,18,20H,9-10,12-13H2,1-2H3. The van der Waals surface area contributed by atoms with Gasteiger partial charge < -0.3 is 4.74 Å². The predicted octanol–water partition coefficient (Wildman–Crippen LogP) is 1.44. The molecule has 0 aromatic heterocycles. The summed E-state index contributed by atoms with van der Waals surface area (Å²) in [7, 11) is -9.83. The maximum absolute atomic E-state index is 12.9. The molecule has 11 heteroatoms. The average Bonchev–Trinajstić information content (AvgIpc) is 3.07. The van der Waals surface area contributed by atoms with E-state index in [1.165, 1.54) is 19.2 Å². The van der Waals surface area contributed by atoms with Crippen LogP contribution in [0.4, 0.5) is 0 Å². The van der Waals surface area contributed by atoms with E-state index in [-0.39, 0.29) is 28.5 Å². The molecule has 1 saturated heterocycles. The molecule has 0 aliphatic carbocycles. The summed E-state index contributed by atoms with van der Waals surface area (Å²) < 4.78 is 82.3. The van der Waals surface area contributed by atoms with E-state index in [2.05, 4.69) is 4.72 Å². The maximum atomic E-state index is 12.9. The number of hydrogen-bond donors (Lipinski definition) is 1. The molecule has 2 aromatic carbocycles. The number of ether oxygens (including phenoxy) is 1. The van der Waals surface area contributed by atoms with Crippen LogP contribution in [-0.4, -0.2) is 49.1 Å². The van der Waals surface area contributed by atoms with Gasteiger partial charge in [0.15, 0.2) is 19.7 Å². The molecule has 164 valence electrons. The smallest absolute Gasteiger partial charge is 0.241 e. The molecule has 1 unspecified atom stereocenters. The molecular formula is C19H23NO7S3. The van der Waals surface area contributed by atoms with Gasteiger partial charge in [-0.15, -0.1) is 0 Å². The third-order valence-electron chi connectivity index (χ3n) is 5.03. The van der Waals surface area contributed by atoms with Gasteiger partial charge in [0.2, 0.25) is 10.0 Å². The van der Waals surface area contributed by atoms with Crippen molar-refractivity contribution in [1.82, 2.24) is 4.72 Å². The van der Waals surface area contributed by atoms with Crippen molar-refractivity contribution in [3.8, 4) is 5.75 Å². The van der Waals surface area contributed by atoms with Crippen molar-refractivity contribution in [2.45, 2.75) is 34.9 Å². The number of hydrogen-bond acceptors (Lipinski definition) is 7. The first-order valence-electron chi connectivity index (χ1n) is 9.12. The van der Waals surface area contributed by atoms with Crippen LogP contribution in [0.5, 0.6) is 5.75 Å². The highest BCUT2D eigenvalue weighted by Crippen LogP contribution is 2.28. The van der Waals surface area contributed by atoms with E-state index in [1.807, 2.05) is 0 Å². The lowest BCUT2D eigenvalue weighted by Gasteiger charge is -2.14. The molecule has 1 aliphatic rings. The molecule has 1 fully saturated rings. The van der Waals surface area contributed by atoms with Crippen LogP contribution in [0.25, 0.3) is 0 Å². The predicted molar refractivity (Wildman–Crippen MR) is 112 cm³/mol. The zero-order chi connectivity index (χ0) is 22.2. The summed E-state index contributed by atoms with van der Waals surface area (Å²) in [5.74, 6) is 0.0162. The van der Waals surface area contributed by atoms with Crippen LogP contribution >= 0.6 is 0 Å². The second kappa shape index (κ2) is 8.29. The molecule has 1 heterocycles. The molecule has 0 amide bonds. The topological polar surface area (TPSA) is 124 Å². The van der Waals surface area contributed by atoms with E-state index in [1.54, 1.807) is 31.2 Å². The number of sulfonamides is 1.